The Morgan fingerprint density at radius 1 is 1.45 bits per heavy atom. The Labute approximate surface area is 70.7 Å². The standard InChI is InChI=1S/C7H11ClO3/c1-7(2,4-5(8)9)6(10)11-3/h4H2,1-3H3. The van der Waals surface area contributed by atoms with Gasteiger partial charge in [-0.25, -0.2) is 0 Å². The molecule has 0 rings (SSSR count). The molecule has 0 atom stereocenters. The molecular formula is C7H11ClO3. The van der Waals surface area contributed by atoms with Gasteiger partial charge in [0.2, 0.25) is 5.24 Å². The lowest BCUT2D eigenvalue weighted by Crippen LogP contribution is -2.27. The third-order valence-corrected chi connectivity index (χ3v) is 1.45. The van der Waals surface area contributed by atoms with Gasteiger partial charge in [0.05, 0.1) is 12.5 Å². The van der Waals surface area contributed by atoms with Crippen LogP contribution < -0.4 is 0 Å². The molecule has 0 radical (unpaired) electrons. The van der Waals surface area contributed by atoms with Crippen LogP contribution in [0, 0.1) is 5.41 Å². The van der Waals surface area contributed by atoms with E-state index in [2.05, 4.69) is 4.74 Å². The highest BCUT2D eigenvalue weighted by molar-refractivity contribution is 6.63. The van der Waals surface area contributed by atoms with E-state index in [1.165, 1.54) is 7.11 Å². The lowest BCUT2D eigenvalue weighted by molar-refractivity contribution is -0.152. The van der Waals surface area contributed by atoms with Gasteiger partial charge in [0.1, 0.15) is 0 Å². The zero-order valence-electron chi connectivity index (χ0n) is 6.81. The first-order valence-corrected chi connectivity index (χ1v) is 3.54. The lowest BCUT2D eigenvalue weighted by atomic mass is 9.90. The molecule has 0 N–H and O–H groups in total. The van der Waals surface area contributed by atoms with Crippen molar-refractivity contribution in [2.75, 3.05) is 7.11 Å². The minimum Gasteiger partial charge on any atom is -0.469 e. The lowest BCUT2D eigenvalue weighted by Gasteiger charge is -2.18. The van der Waals surface area contributed by atoms with E-state index in [-0.39, 0.29) is 6.42 Å². The van der Waals surface area contributed by atoms with E-state index < -0.39 is 16.6 Å². The van der Waals surface area contributed by atoms with E-state index >= 15 is 0 Å². The van der Waals surface area contributed by atoms with Gasteiger partial charge in [0.15, 0.2) is 0 Å². The Morgan fingerprint density at radius 2 is 1.91 bits per heavy atom. The molecule has 0 fully saturated rings. The molecule has 0 aromatic heterocycles. The van der Waals surface area contributed by atoms with Gasteiger partial charge in [-0.2, -0.15) is 0 Å². The first kappa shape index (κ1) is 10.4. The van der Waals surface area contributed by atoms with E-state index in [9.17, 15) is 9.59 Å². The van der Waals surface area contributed by atoms with E-state index in [1.807, 2.05) is 0 Å². The summed E-state index contributed by atoms with van der Waals surface area (Å²) in [6, 6.07) is 0. The van der Waals surface area contributed by atoms with Crippen LogP contribution in [-0.2, 0) is 14.3 Å². The SMILES string of the molecule is COC(=O)C(C)(C)CC(=O)Cl. The second kappa shape index (κ2) is 3.72. The number of halogens is 1. The molecular weight excluding hydrogens is 168 g/mol. The molecule has 3 nitrogen and oxygen atoms in total. The molecule has 0 spiro atoms. The summed E-state index contributed by atoms with van der Waals surface area (Å²) in [4.78, 5) is 21.4. The molecule has 0 unspecified atom stereocenters. The van der Waals surface area contributed by atoms with Crippen molar-refractivity contribution in [3.8, 4) is 0 Å². The van der Waals surface area contributed by atoms with Gasteiger partial charge in [0.25, 0.3) is 0 Å². The average Bonchev–Trinajstić information content (AvgIpc) is 1.83. The average molecular weight is 179 g/mol. The molecule has 0 amide bonds. The highest BCUT2D eigenvalue weighted by Gasteiger charge is 2.30. The van der Waals surface area contributed by atoms with Gasteiger partial charge in [-0.3, -0.25) is 9.59 Å². The van der Waals surface area contributed by atoms with Crippen molar-refractivity contribution in [1.29, 1.82) is 0 Å². The Morgan fingerprint density at radius 3 is 2.18 bits per heavy atom. The van der Waals surface area contributed by atoms with Crippen LogP contribution in [-0.4, -0.2) is 18.3 Å². The number of carbonyl (C=O) groups excluding carboxylic acids is 2. The predicted molar refractivity (Wildman–Crippen MR) is 41.3 cm³/mol. The van der Waals surface area contributed by atoms with Gasteiger partial charge in [-0.1, -0.05) is 0 Å². The number of carbonyl (C=O) groups is 2. The molecule has 0 heterocycles. The number of methoxy groups -OCH3 is 1. The summed E-state index contributed by atoms with van der Waals surface area (Å²) in [5.74, 6) is -0.425. The second-order valence-electron chi connectivity index (χ2n) is 2.91. The summed E-state index contributed by atoms with van der Waals surface area (Å²) < 4.78 is 4.47. The third kappa shape index (κ3) is 3.37. The number of esters is 1. The maximum absolute atomic E-state index is 10.9. The van der Waals surface area contributed by atoms with E-state index in [0.717, 1.165) is 0 Å². The maximum atomic E-state index is 10.9. The van der Waals surface area contributed by atoms with Crippen LogP contribution in [0.3, 0.4) is 0 Å². The molecule has 0 aliphatic rings. The van der Waals surface area contributed by atoms with Crippen LogP contribution in [0.15, 0.2) is 0 Å². The van der Waals surface area contributed by atoms with Crippen LogP contribution in [0.4, 0.5) is 0 Å². The van der Waals surface area contributed by atoms with Crippen molar-refractivity contribution >= 4 is 22.8 Å². The van der Waals surface area contributed by atoms with Crippen molar-refractivity contribution in [3.63, 3.8) is 0 Å². The third-order valence-electron chi connectivity index (χ3n) is 1.32. The van der Waals surface area contributed by atoms with Crippen LogP contribution in [0.5, 0.6) is 0 Å². The normalized spacial score (nSPS) is 10.9. The Bertz CT molecular complexity index is 175. The smallest absolute Gasteiger partial charge is 0.311 e. The van der Waals surface area contributed by atoms with E-state index in [0.29, 0.717) is 0 Å². The second-order valence-corrected chi connectivity index (χ2v) is 3.33. The van der Waals surface area contributed by atoms with E-state index in [1.54, 1.807) is 13.8 Å². The Balaban J connectivity index is 4.21. The van der Waals surface area contributed by atoms with Crippen LogP contribution >= 0.6 is 11.6 Å². The topological polar surface area (TPSA) is 43.4 Å². The predicted octanol–water partition coefficient (Wildman–Crippen LogP) is 1.34. The quantitative estimate of drug-likeness (QED) is 0.484. The molecule has 4 heteroatoms. The molecule has 0 bridgehead atoms. The summed E-state index contributed by atoms with van der Waals surface area (Å²) in [5.41, 5.74) is -0.812. The number of rotatable bonds is 3. The summed E-state index contributed by atoms with van der Waals surface area (Å²) in [6.07, 6.45) is 0.00122. The number of ether oxygens (including phenoxy) is 1. The fourth-order valence-corrected chi connectivity index (χ4v) is 1.03. The molecule has 0 saturated heterocycles. The molecule has 64 valence electrons. The summed E-state index contributed by atoms with van der Waals surface area (Å²) in [5, 5.41) is -0.527. The van der Waals surface area contributed by atoms with Gasteiger partial charge in [-0.15, -0.1) is 0 Å². The van der Waals surface area contributed by atoms with Crippen molar-refractivity contribution in [2.24, 2.45) is 5.41 Å². The van der Waals surface area contributed by atoms with Gasteiger partial charge < -0.3 is 4.74 Å². The summed E-state index contributed by atoms with van der Waals surface area (Å²) in [6.45, 7) is 3.22. The van der Waals surface area contributed by atoms with Gasteiger partial charge in [0, 0.05) is 6.42 Å². The van der Waals surface area contributed by atoms with Crippen molar-refractivity contribution < 1.29 is 14.3 Å². The fraction of sp³-hybridized carbons (Fsp3) is 0.714. The zero-order chi connectivity index (χ0) is 9.07. The zero-order valence-corrected chi connectivity index (χ0v) is 7.57. The van der Waals surface area contributed by atoms with Crippen LogP contribution in [0.2, 0.25) is 0 Å². The summed E-state index contributed by atoms with van der Waals surface area (Å²) in [7, 11) is 1.28. The monoisotopic (exact) mass is 178 g/mol. The fourth-order valence-electron chi connectivity index (χ4n) is 0.696. The highest BCUT2D eigenvalue weighted by atomic mass is 35.5. The molecule has 0 aliphatic carbocycles. The van der Waals surface area contributed by atoms with Crippen LogP contribution in [0.1, 0.15) is 20.3 Å². The van der Waals surface area contributed by atoms with Crippen molar-refractivity contribution in [2.45, 2.75) is 20.3 Å². The van der Waals surface area contributed by atoms with Crippen molar-refractivity contribution in [1.82, 2.24) is 0 Å². The number of hydrogen-bond donors (Lipinski definition) is 0. The molecule has 0 aromatic rings. The summed E-state index contributed by atoms with van der Waals surface area (Å²) >= 11 is 5.12. The Hall–Kier alpha value is -0.570. The van der Waals surface area contributed by atoms with Crippen molar-refractivity contribution in [3.05, 3.63) is 0 Å². The minimum atomic E-state index is -0.812. The Kier molecular flexibility index (Phi) is 3.52. The molecule has 0 aromatic carbocycles. The van der Waals surface area contributed by atoms with E-state index in [4.69, 9.17) is 11.6 Å². The molecule has 0 aliphatic heterocycles. The molecule has 0 saturated carbocycles. The minimum absolute atomic E-state index is 0.00122. The highest BCUT2D eigenvalue weighted by Crippen LogP contribution is 2.22. The largest absolute Gasteiger partial charge is 0.469 e. The molecule has 11 heavy (non-hydrogen) atoms. The van der Waals surface area contributed by atoms with Gasteiger partial charge >= 0.3 is 5.97 Å². The first-order chi connectivity index (χ1) is 4.90. The first-order valence-electron chi connectivity index (χ1n) is 3.17. The maximum Gasteiger partial charge on any atom is 0.311 e. The van der Waals surface area contributed by atoms with Gasteiger partial charge in [-0.05, 0) is 25.4 Å². The van der Waals surface area contributed by atoms with Crippen LogP contribution in [0.25, 0.3) is 0 Å². The number of hydrogen-bond acceptors (Lipinski definition) is 3.